The lowest BCUT2D eigenvalue weighted by molar-refractivity contribution is 0.121. The number of para-hydroxylation sites is 1. The number of aromatic hydroxyl groups is 1. The summed E-state index contributed by atoms with van der Waals surface area (Å²) in [5.41, 5.74) is 8.40. The van der Waals surface area contributed by atoms with Gasteiger partial charge in [-0.15, -0.1) is 10.2 Å². The quantitative estimate of drug-likeness (QED) is 0.646. The molecule has 0 spiro atoms. The first kappa shape index (κ1) is 17.1. The molecule has 0 bridgehead atoms. The second-order valence-corrected chi connectivity index (χ2v) is 6.76. The molecule has 1 aromatic carbocycles. The zero-order valence-corrected chi connectivity index (χ0v) is 14.6. The lowest BCUT2D eigenvalue weighted by Crippen LogP contribution is -2.38. The minimum atomic E-state index is -0.871. The molecule has 1 amide bonds. The van der Waals surface area contributed by atoms with Crippen molar-refractivity contribution >= 4 is 22.9 Å². The van der Waals surface area contributed by atoms with E-state index in [1.54, 1.807) is 18.2 Å². The van der Waals surface area contributed by atoms with Gasteiger partial charge in [-0.05, 0) is 37.0 Å². The van der Waals surface area contributed by atoms with Crippen molar-refractivity contribution in [3.63, 3.8) is 0 Å². The Balaban J connectivity index is 1.63. The Morgan fingerprint density at radius 2 is 1.96 bits per heavy atom. The van der Waals surface area contributed by atoms with Crippen LogP contribution < -0.4 is 5.73 Å². The molecular weight excluding hydrogens is 348 g/mol. The first-order valence-electron chi connectivity index (χ1n) is 8.79. The number of carboxylic acid groups (broad SMARTS) is 1. The SMILES string of the molecule is Nc1nn(CC2CCN(C(=O)O)CC2)c2cc(-c3ccccc3O)nnc12. The summed E-state index contributed by atoms with van der Waals surface area (Å²) in [6, 6.07) is 8.77. The zero-order valence-electron chi connectivity index (χ0n) is 14.6. The number of phenolic OH excluding ortho intramolecular Hbond substituents is 1. The van der Waals surface area contributed by atoms with Gasteiger partial charge in [0.2, 0.25) is 0 Å². The van der Waals surface area contributed by atoms with Crippen LogP contribution >= 0.6 is 0 Å². The van der Waals surface area contributed by atoms with Crippen molar-refractivity contribution in [1.82, 2.24) is 24.9 Å². The molecule has 4 N–H and O–H groups in total. The van der Waals surface area contributed by atoms with E-state index < -0.39 is 6.09 Å². The number of nitrogens with zero attached hydrogens (tertiary/aromatic N) is 5. The van der Waals surface area contributed by atoms with Crippen LogP contribution in [0, 0.1) is 5.92 Å². The number of hydrogen-bond donors (Lipinski definition) is 3. The molecule has 0 unspecified atom stereocenters. The Morgan fingerprint density at radius 1 is 1.22 bits per heavy atom. The molecule has 0 radical (unpaired) electrons. The molecule has 2 aromatic heterocycles. The van der Waals surface area contributed by atoms with E-state index in [4.69, 9.17) is 10.8 Å². The summed E-state index contributed by atoms with van der Waals surface area (Å²) in [6.45, 7) is 1.68. The number of benzene rings is 1. The number of aromatic nitrogens is 4. The Labute approximate surface area is 155 Å². The van der Waals surface area contributed by atoms with E-state index in [2.05, 4.69) is 15.3 Å². The highest BCUT2D eigenvalue weighted by molar-refractivity contribution is 5.87. The van der Waals surface area contributed by atoms with Crippen LogP contribution in [0.5, 0.6) is 5.75 Å². The summed E-state index contributed by atoms with van der Waals surface area (Å²) in [7, 11) is 0. The van der Waals surface area contributed by atoms with Gasteiger partial charge in [-0.1, -0.05) is 12.1 Å². The van der Waals surface area contributed by atoms with Gasteiger partial charge in [0.25, 0.3) is 0 Å². The number of nitrogen functional groups attached to an aromatic ring is 1. The second-order valence-electron chi connectivity index (χ2n) is 6.76. The monoisotopic (exact) mass is 368 g/mol. The molecule has 0 saturated carbocycles. The minimum Gasteiger partial charge on any atom is -0.507 e. The molecule has 27 heavy (non-hydrogen) atoms. The van der Waals surface area contributed by atoms with Crippen molar-refractivity contribution < 1.29 is 15.0 Å². The first-order chi connectivity index (χ1) is 13.0. The highest BCUT2D eigenvalue weighted by Gasteiger charge is 2.24. The molecule has 0 aliphatic carbocycles. The van der Waals surface area contributed by atoms with E-state index in [0.29, 0.717) is 48.1 Å². The van der Waals surface area contributed by atoms with Gasteiger partial charge in [0, 0.05) is 25.2 Å². The summed E-state index contributed by atoms with van der Waals surface area (Å²) in [5, 5.41) is 31.9. The number of piperidine rings is 1. The summed E-state index contributed by atoms with van der Waals surface area (Å²) in [4.78, 5) is 12.5. The van der Waals surface area contributed by atoms with Crippen LogP contribution in [0.2, 0.25) is 0 Å². The fraction of sp³-hybridized carbons (Fsp3) is 0.333. The number of carbonyl (C=O) groups is 1. The third kappa shape index (κ3) is 3.23. The van der Waals surface area contributed by atoms with E-state index in [1.807, 2.05) is 16.8 Å². The molecule has 1 saturated heterocycles. The molecule has 3 aromatic rings. The molecule has 140 valence electrons. The van der Waals surface area contributed by atoms with Gasteiger partial charge in [0.1, 0.15) is 5.75 Å². The fourth-order valence-corrected chi connectivity index (χ4v) is 3.50. The lowest BCUT2D eigenvalue weighted by Gasteiger charge is -2.29. The number of fused-ring (bicyclic) bond motifs is 1. The molecule has 1 aliphatic rings. The van der Waals surface area contributed by atoms with E-state index >= 15 is 0 Å². The van der Waals surface area contributed by atoms with Gasteiger partial charge in [-0.3, -0.25) is 4.68 Å². The van der Waals surface area contributed by atoms with Crippen LogP contribution in [-0.2, 0) is 6.54 Å². The number of rotatable bonds is 3. The molecule has 4 rings (SSSR count). The highest BCUT2D eigenvalue weighted by atomic mass is 16.4. The largest absolute Gasteiger partial charge is 0.507 e. The predicted octanol–water partition coefficient (Wildman–Crippen LogP) is 2.17. The van der Waals surface area contributed by atoms with Crippen LogP contribution in [-0.4, -0.2) is 54.3 Å². The number of hydrogen-bond acceptors (Lipinski definition) is 6. The normalized spacial score (nSPS) is 15.3. The van der Waals surface area contributed by atoms with E-state index in [0.717, 1.165) is 18.4 Å². The van der Waals surface area contributed by atoms with Crippen LogP contribution in [0.1, 0.15) is 12.8 Å². The topological polar surface area (TPSA) is 130 Å². The zero-order chi connectivity index (χ0) is 19.0. The van der Waals surface area contributed by atoms with Crippen LogP contribution in [0.25, 0.3) is 22.3 Å². The Bertz CT molecular complexity index is 994. The smallest absolute Gasteiger partial charge is 0.407 e. The van der Waals surface area contributed by atoms with Crippen LogP contribution in [0.15, 0.2) is 30.3 Å². The van der Waals surface area contributed by atoms with Crippen molar-refractivity contribution in [2.75, 3.05) is 18.8 Å². The first-order valence-corrected chi connectivity index (χ1v) is 8.79. The maximum absolute atomic E-state index is 11.1. The fourth-order valence-electron chi connectivity index (χ4n) is 3.50. The van der Waals surface area contributed by atoms with Gasteiger partial charge >= 0.3 is 6.09 Å². The summed E-state index contributed by atoms with van der Waals surface area (Å²) < 4.78 is 1.81. The van der Waals surface area contributed by atoms with Crippen LogP contribution in [0.3, 0.4) is 0 Å². The Morgan fingerprint density at radius 3 is 2.67 bits per heavy atom. The van der Waals surface area contributed by atoms with Gasteiger partial charge in [-0.25, -0.2) is 4.79 Å². The third-order valence-electron chi connectivity index (χ3n) is 5.02. The van der Waals surface area contributed by atoms with E-state index in [-0.39, 0.29) is 5.75 Å². The number of nitrogens with two attached hydrogens (primary N) is 1. The minimum absolute atomic E-state index is 0.131. The summed E-state index contributed by atoms with van der Waals surface area (Å²) in [5.74, 6) is 0.750. The van der Waals surface area contributed by atoms with E-state index in [1.165, 1.54) is 4.90 Å². The van der Waals surface area contributed by atoms with Crippen molar-refractivity contribution in [2.45, 2.75) is 19.4 Å². The van der Waals surface area contributed by atoms with Gasteiger partial charge < -0.3 is 20.8 Å². The molecular formula is C18H20N6O3. The van der Waals surface area contributed by atoms with Gasteiger partial charge in [-0.2, -0.15) is 5.10 Å². The molecule has 1 aliphatic heterocycles. The van der Waals surface area contributed by atoms with Crippen molar-refractivity contribution in [2.24, 2.45) is 5.92 Å². The number of amides is 1. The molecule has 9 heteroatoms. The van der Waals surface area contributed by atoms with Crippen molar-refractivity contribution in [3.8, 4) is 17.0 Å². The summed E-state index contributed by atoms with van der Waals surface area (Å²) in [6.07, 6.45) is 0.682. The third-order valence-corrected chi connectivity index (χ3v) is 5.02. The molecule has 1 fully saturated rings. The maximum Gasteiger partial charge on any atom is 0.407 e. The lowest BCUT2D eigenvalue weighted by atomic mass is 9.97. The van der Waals surface area contributed by atoms with Crippen molar-refractivity contribution in [1.29, 1.82) is 0 Å². The predicted molar refractivity (Wildman–Crippen MR) is 99.2 cm³/mol. The number of likely N-dealkylation sites (tertiary alicyclic amines) is 1. The molecule has 3 heterocycles. The Hall–Kier alpha value is -3.36. The average Bonchev–Trinajstić information content (AvgIpc) is 2.97. The second kappa shape index (κ2) is 6.75. The molecule has 9 nitrogen and oxygen atoms in total. The molecule has 0 atom stereocenters. The highest BCUT2D eigenvalue weighted by Crippen LogP contribution is 2.30. The van der Waals surface area contributed by atoms with Gasteiger partial charge in [0.15, 0.2) is 11.3 Å². The summed E-state index contributed by atoms with van der Waals surface area (Å²) >= 11 is 0. The Kier molecular flexibility index (Phi) is 4.27. The maximum atomic E-state index is 11.1. The van der Waals surface area contributed by atoms with Crippen molar-refractivity contribution in [3.05, 3.63) is 30.3 Å². The van der Waals surface area contributed by atoms with E-state index in [9.17, 15) is 9.90 Å². The van der Waals surface area contributed by atoms with Gasteiger partial charge in [0.05, 0.1) is 11.2 Å². The standard InChI is InChI=1S/C18H20N6O3/c19-17-16-14(9-13(20-21-16)12-3-1-2-4-15(12)25)24(22-17)10-11-5-7-23(8-6-11)18(26)27/h1-4,9,11,25H,5-8,10H2,(H2,19,22)(H,26,27). The number of anilines is 1. The van der Waals surface area contributed by atoms with Crippen LogP contribution in [0.4, 0.5) is 10.6 Å². The number of phenols is 1. The average molecular weight is 368 g/mol.